The molecule has 1 fully saturated rings. The van der Waals surface area contributed by atoms with Gasteiger partial charge in [-0.05, 0) is 31.5 Å². The number of rotatable bonds is 5. The summed E-state index contributed by atoms with van der Waals surface area (Å²) < 4.78 is 0. The summed E-state index contributed by atoms with van der Waals surface area (Å²) in [7, 11) is 2.03. The van der Waals surface area contributed by atoms with E-state index in [2.05, 4.69) is 40.5 Å². The molecule has 0 saturated carbocycles. The van der Waals surface area contributed by atoms with E-state index in [0.717, 1.165) is 19.0 Å². The summed E-state index contributed by atoms with van der Waals surface area (Å²) in [4.78, 5) is 2.52. The van der Waals surface area contributed by atoms with Crippen molar-refractivity contribution in [1.82, 2.24) is 10.2 Å². The second-order valence-corrected chi connectivity index (χ2v) is 4.44. The molecule has 0 spiro atoms. The van der Waals surface area contributed by atoms with Crippen LogP contribution in [0.1, 0.15) is 12.0 Å². The zero-order valence-electron chi connectivity index (χ0n) is 9.45. The van der Waals surface area contributed by atoms with Crippen LogP contribution in [0.3, 0.4) is 0 Å². The fourth-order valence-electron chi connectivity index (χ4n) is 2.18. The molecule has 1 aliphatic rings. The molecule has 1 N–H and O–H groups in total. The van der Waals surface area contributed by atoms with Gasteiger partial charge in [-0.2, -0.15) is 0 Å². The minimum Gasteiger partial charge on any atom is -0.320 e. The SMILES string of the molecule is CNCCC1CN(Cc2ccccc2)C1. The summed E-state index contributed by atoms with van der Waals surface area (Å²) in [6.07, 6.45) is 1.32. The normalized spacial score (nSPS) is 17.7. The zero-order valence-corrected chi connectivity index (χ0v) is 9.45. The fraction of sp³-hybridized carbons (Fsp3) is 0.538. The van der Waals surface area contributed by atoms with Crippen LogP contribution in [0.15, 0.2) is 30.3 Å². The largest absolute Gasteiger partial charge is 0.320 e. The highest BCUT2D eigenvalue weighted by atomic mass is 15.2. The van der Waals surface area contributed by atoms with Crippen LogP contribution < -0.4 is 5.32 Å². The van der Waals surface area contributed by atoms with Crippen LogP contribution in [-0.2, 0) is 6.54 Å². The van der Waals surface area contributed by atoms with Crippen molar-refractivity contribution in [3.8, 4) is 0 Å². The standard InChI is InChI=1S/C13H20N2/c1-14-8-7-13-10-15(11-13)9-12-5-3-2-4-6-12/h2-6,13-14H,7-11H2,1H3. The van der Waals surface area contributed by atoms with E-state index in [1.165, 1.54) is 25.1 Å². The van der Waals surface area contributed by atoms with Gasteiger partial charge in [-0.25, -0.2) is 0 Å². The quantitative estimate of drug-likeness (QED) is 0.786. The Bertz CT molecular complexity index is 278. The average molecular weight is 204 g/mol. The summed E-state index contributed by atoms with van der Waals surface area (Å²) in [5.74, 6) is 0.918. The molecule has 82 valence electrons. The Morgan fingerprint density at radius 3 is 2.67 bits per heavy atom. The van der Waals surface area contributed by atoms with Crippen LogP contribution in [0.25, 0.3) is 0 Å². The predicted molar refractivity (Wildman–Crippen MR) is 63.8 cm³/mol. The van der Waals surface area contributed by atoms with E-state index in [1.54, 1.807) is 0 Å². The molecule has 2 heteroatoms. The molecule has 0 aromatic heterocycles. The molecule has 1 aromatic rings. The Morgan fingerprint density at radius 1 is 1.27 bits per heavy atom. The van der Waals surface area contributed by atoms with E-state index >= 15 is 0 Å². The van der Waals surface area contributed by atoms with E-state index < -0.39 is 0 Å². The highest BCUT2D eigenvalue weighted by Gasteiger charge is 2.25. The van der Waals surface area contributed by atoms with Gasteiger partial charge in [0.2, 0.25) is 0 Å². The molecule has 2 rings (SSSR count). The number of hydrogen-bond acceptors (Lipinski definition) is 2. The van der Waals surface area contributed by atoms with Gasteiger partial charge in [0.1, 0.15) is 0 Å². The lowest BCUT2D eigenvalue weighted by atomic mass is 9.95. The topological polar surface area (TPSA) is 15.3 Å². The van der Waals surface area contributed by atoms with Gasteiger partial charge in [0.05, 0.1) is 0 Å². The third-order valence-electron chi connectivity index (χ3n) is 3.08. The van der Waals surface area contributed by atoms with Gasteiger partial charge >= 0.3 is 0 Å². The van der Waals surface area contributed by atoms with Gasteiger partial charge in [0.25, 0.3) is 0 Å². The van der Waals surface area contributed by atoms with Gasteiger partial charge < -0.3 is 5.32 Å². The van der Waals surface area contributed by atoms with Crippen molar-refractivity contribution >= 4 is 0 Å². The van der Waals surface area contributed by atoms with Crippen molar-refractivity contribution in [2.75, 3.05) is 26.7 Å². The lowest BCUT2D eigenvalue weighted by Gasteiger charge is -2.39. The number of nitrogens with zero attached hydrogens (tertiary/aromatic N) is 1. The number of benzene rings is 1. The van der Waals surface area contributed by atoms with Gasteiger partial charge in [-0.1, -0.05) is 30.3 Å². The fourth-order valence-corrected chi connectivity index (χ4v) is 2.18. The lowest BCUT2D eigenvalue weighted by Crippen LogP contribution is -2.46. The van der Waals surface area contributed by atoms with Crippen molar-refractivity contribution in [3.05, 3.63) is 35.9 Å². The molecule has 0 aliphatic carbocycles. The smallest absolute Gasteiger partial charge is 0.0233 e. The summed E-state index contributed by atoms with van der Waals surface area (Å²) in [5, 5.41) is 3.21. The Balaban J connectivity index is 1.68. The van der Waals surface area contributed by atoms with Crippen molar-refractivity contribution in [3.63, 3.8) is 0 Å². The van der Waals surface area contributed by atoms with Crippen LogP contribution in [-0.4, -0.2) is 31.6 Å². The van der Waals surface area contributed by atoms with E-state index in [1.807, 2.05) is 7.05 Å². The maximum Gasteiger partial charge on any atom is 0.0233 e. The minimum absolute atomic E-state index is 0.918. The minimum atomic E-state index is 0.918. The maximum absolute atomic E-state index is 3.21. The summed E-state index contributed by atoms with van der Waals surface area (Å²) >= 11 is 0. The summed E-state index contributed by atoms with van der Waals surface area (Å²) in [6, 6.07) is 10.7. The zero-order chi connectivity index (χ0) is 10.5. The second kappa shape index (κ2) is 5.29. The first-order valence-corrected chi connectivity index (χ1v) is 5.79. The Hall–Kier alpha value is -0.860. The Morgan fingerprint density at radius 2 is 2.00 bits per heavy atom. The van der Waals surface area contributed by atoms with E-state index in [9.17, 15) is 0 Å². The molecule has 0 radical (unpaired) electrons. The second-order valence-electron chi connectivity index (χ2n) is 4.44. The van der Waals surface area contributed by atoms with Crippen LogP contribution in [0.2, 0.25) is 0 Å². The van der Waals surface area contributed by atoms with Crippen molar-refractivity contribution in [2.45, 2.75) is 13.0 Å². The van der Waals surface area contributed by atoms with Gasteiger partial charge in [-0.15, -0.1) is 0 Å². The first-order valence-electron chi connectivity index (χ1n) is 5.79. The van der Waals surface area contributed by atoms with E-state index in [-0.39, 0.29) is 0 Å². The first kappa shape index (κ1) is 10.7. The molecule has 0 bridgehead atoms. The van der Waals surface area contributed by atoms with E-state index in [4.69, 9.17) is 0 Å². The third kappa shape index (κ3) is 3.05. The van der Waals surface area contributed by atoms with Crippen LogP contribution in [0.4, 0.5) is 0 Å². The molecule has 1 heterocycles. The van der Waals surface area contributed by atoms with Crippen molar-refractivity contribution < 1.29 is 0 Å². The Labute approximate surface area is 92.3 Å². The monoisotopic (exact) mass is 204 g/mol. The molecule has 0 amide bonds. The first-order chi connectivity index (χ1) is 7.38. The van der Waals surface area contributed by atoms with Gasteiger partial charge in [0.15, 0.2) is 0 Å². The van der Waals surface area contributed by atoms with Gasteiger partial charge in [0, 0.05) is 19.6 Å². The molecular weight excluding hydrogens is 184 g/mol. The van der Waals surface area contributed by atoms with Crippen molar-refractivity contribution in [1.29, 1.82) is 0 Å². The molecule has 0 unspecified atom stereocenters. The summed E-state index contributed by atoms with van der Waals surface area (Å²) in [6.45, 7) is 4.83. The van der Waals surface area contributed by atoms with E-state index in [0.29, 0.717) is 0 Å². The summed E-state index contributed by atoms with van der Waals surface area (Å²) in [5.41, 5.74) is 1.43. The van der Waals surface area contributed by atoms with Gasteiger partial charge in [-0.3, -0.25) is 4.90 Å². The van der Waals surface area contributed by atoms with Crippen LogP contribution >= 0.6 is 0 Å². The lowest BCUT2D eigenvalue weighted by molar-refractivity contribution is 0.0869. The van der Waals surface area contributed by atoms with Crippen LogP contribution in [0, 0.1) is 5.92 Å². The highest BCUT2D eigenvalue weighted by Crippen LogP contribution is 2.20. The van der Waals surface area contributed by atoms with Crippen LogP contribution in [0.5, 0.6) is 0 Å². The third-order valence-corrected chi connectivity index (χ3v) is 3.08. The molecular formula is C13H20N2. The number of hydrogen-bond donors (Lipinski definition) is 1. The molecule has 2 nitrogen and oxygen atoms in total. The molecule has 1 aliphatic heterocycles. The molecule has 1 saturated heterocycles. The number of likely N-dealkylation sites (tertiary alicyclic amines) is 1. The predicted octanol–water partition coefficient (Wildman–Crippen LogP) is 1.73. The highest BCUT2D eigenvalue weighted by molar-refractivity contribution is 5.14. The Kier molecular flexibility index (Phi) is 3.75. The van der Waals surface area contributed by atoms with Crippen molar-refractivity contribution in [2.24, 2.45) is 5.92 Å². The molecule has 1 aromatic carbocycles. The molecule has 0 atom stereocenters. The average Bonchev–Trinajstić information content (AvgIpc) is 2.23. The maximum atomic E-state index is 3.21. The number of nitrogens with one attached hydrogen (secondary N) is 1. The molecule has 15 heavy (non-hydrogen) atoms.